The van der Waals surface area contributed by atoms with E-state index in [2.05, 4.69) is 81.2 Å². The minimum atomic E-state index is 0.273. The lowest BCUT2D eigenvalue weighted by molar-refractivity contribution is -0.131. The summed E-state index contributed by atoms with van der Waals surface area (Å²) in [5.41, 5.74) is 2.55. The summed E-state index contributed by atoms with van der Waals surface area (Å²) in [6.07, 6.45) is 3.70. The van der Waals surface area contributed by atoms with Crippen LogP contribution in [0.2, 0.25) is 0 Å². The summed E-state index contributed by atoms with van der Waals surface area (Å²) < 4.78 is 2.19. The van der Waals surface area contributed by atoms with Gasteiger partial charge in [0.05, 0.1) is 0 Å². The Kier molecular flexibility index (Phi) is 5.54. The molecule has 140 valence electrons. The molecule has 0 radical (unpaired) electrons. The third-order valence-electron chi connectivity index (χ3n) is 5.44. The zero-order valence-corrected chi connectivity index (χ0v) is 15.8. The summed E-state index contributed by atoms with van der Waals surface area (Å²) in [7, 11) is 0. The molecule has 0 bridgehead atoms. The lowest BCUT2D eigenvalue weighted by Gasteiger charge is -2.22. The number of para-hydroxylation sites is 1. The van der Waals surface area contributed by atoms with Gasteiger partial charge >= 0.3 is 0 Å². The summed E-state index contributed by atoms with van der Waals surface area (Å²) in [6.45, 7) is 5.43. The van der Waals surface area contributed by atoms with Gasteiger partial charge in [0.25, 0.3) is 0 Å². The number of aryl methyl sites for hydroxylation is 1. The van der Waals surface area contributed by atoms with Crippen molar-refractivity contribution in [3.05, 3.63) is 72.4 Å². The van der Waals surface area contributed by atoms with E-state index in [0.717, 1.165) is 45.7 Å². The number of nitrogens with zero attached hydrogens (tertiary/aromatic N) is 3. The second-order valence-electron chi connectivity index (χ2n) is 7.31. The first-order chi connectivity index (χ1) is 13.3. The van der Waals surface area contributed by atoms with Crippen molar-refractivity contribution in [2.75, 3.05) is 26.2 Å². The van der Waals surface area contributed by atoms with E-state index in [0.29, 0.717) is 6.42 Å². The molecule has 4 rings (SSSR count). The van der Waals surface area contributed by atoms with Gasteiger partial charge in [0.15, 0.2) is 0 Å². The quantitative estimate of drug-likeness (QED) is 0.692. The van der Waals surface area contributed by atoms with Gasteiger partial charge < -0.3 is 9.47 Å². The SMILES string of the molecule is O=C(CCn1ccc2ccccc21)N1CCCN(Cc2ccccc2)CC1. The minimum absolute atomic E-state index is 0.273. The van der Waals surface area contributed by atoms with Gasteiger partial charge in [-0.1, -0.05) is 48.5 Å². The Balaban J connectivity index is 1.30. The Morgan fingerprint density at radius 1 is 0.852 bits per heavy atom. The maximum atomic E-state index is 12.7. The van der Waals surface area contributed by atoms with Crippen LogP contribution >= 0.6 is 0 Å². The highest BCUT2D eigenvalue weighted by molar-refractivity contribution is 5.80. The van der Waals surface area contributed by atoms with Crippen molar-refractivity contribution >= 4 is 16.8 Å². The third kappa shape index (κ3) is 4.40. The van der Waals surface area contributed by atoms with Crippen molar-refractivity contribution < 1.29 is 4.79 Å². The van der Waals surface area contributed by atoms with Crippen LogP contribution in [-0.2, 0) is 17.9 Å². The maximum absolute atomic E-state index is 12.7. The van der Waals surface area contributed by atoms with Crippen molar-refractivity contribution in [3.63, 3.8) is 0 Å². The molecule has 2 heterocycles. The summed E-state index contributed by atoms with van der Waals surface area (Å²) in [6, 6.07) is 21.0. The zero-order valence-electron chi connectivity index (χ0n) is 15.8. The molecule has 0 aliphatic carbocycles. The molecule has 1 aromatic heterocycles. The molecule has 27 heavy (non-hydrogen) atoms. The molecule has 1 saturated heterocycles. The third-order valence-corrected chi connectivity index (χ3v) is 5.44. The Morgan fingerprint density at radius 3 is 2.56 bits per heavy atom. The molecule has 1 aliphatic heterocycles. The molecule has 0 atom stereocenters. The Bertz CT molecular complexity index is 887. The van der Waals surface area contributed by atoms with Gasteiger partial charge in [0, 0.05) is 57.4 Å². The maximum Gasteiger partial charge on any atom is 0.224 e. The number of fused-ring (bicyclic) bond motifs is 1. The summed E-state index contributed by atoms with van der Waals surface area (Å²) in [4.78, 5) is 17.3. The van der Waals surface area contributed by atoms with E-state index >= 15 is 0 Å². The molecule has 0 spiro atoms. The predicted molar refractivity (Wildman–Crippen MR) is 109 cm³/mol. The van der Waals surface area contributed by atoms with Crippen LogP contribution in [0, 0.1) is 0 Å². The number of amides is 1. The number of hydrogen-bond acceptors (Lipinski definition) is 2. The molecule has 2 aromatic carbocycles. The predicted octanol–water partition coefficient (Wildman–Crippen LogP) is 3.77. The smallest absolute Gasteiger partial charge is 0.224 e. The highest BCUT2D eigenvalue weighted by atomic mass is 16.2. The van der Waals surface area contributed by atoms with Gasteiger partial charge in [-0.15, -0.1) is 0 Å². The van der Waals surface area contributed by atoms with Gasteiger partial charge in [-0.25, -0.2) is 0 Å². The van der Waals surface area contributed by atoms with Gasteiger partial charge in [-0.2, -0.15) is 0 Å². The molecule has 3 aromatic rings. The van der Waals surface area contributed by atoms with Crippen molar-refractivity contribution in [1.82, 2.24) is 14.4 Å². The molecule has 0 N–H and O–H groups in total. The second-order valence-corrected chi connectivity index (χ2v) is 7.31. The standard InChI is InChI=1S/C23H27N3O/c27-23(12-16-25-15-11-21-9-4-5-10-22(21)25)26-14-6-13-24(17-18-26)19-20-7-2-1-3-8-20/h1-5,7-11,15H,6,12-14,16-19H2. The van der Waals surface area contributed by atoms with E-state index in [1.807, 2.05) is 0 Å². The average molecular weight is 361 g/mol. The second kappa shape index (κ2) is 8.40. The van der Waals surface area contributed by atoms with Gasteiger partial charge in [-0.3, -0.25) is 9.69 Å². The van der Waals surface area contributed by atoms with Crippen LogP contribution in [0.5, 0.6) is 0 Å². The van der Waals surface area contributed by atoms with E-state index in [1.165, 1.54) is 16.5 Å². The van der Waals surface area contributed by atoms with Crippen LogP contribution in [0.25, 0.3) is 10.9 Å². The van der Waals surface area contributed by atoms with Crippen LogP contribution in [-0.4, -0.2) is 46.5 Å². The molecule has 1 aliphatic rings. The highest BCUT2D eigenvalue weighted by Crippen LogP contribution is 2.16. The zero-order chi connectivity index (χ0) is 18.5. The number of carbonyl (C=O) groups is 1. The average Bonchev–Trinajstić information content (AvgIpc) is 2.97. The van der Waals surface area contributed by atoms with Crippen molar-refractivity contribution in [1.29, 1.82) is 0 Å². The van der Waals surface area contributed by atoms with E-state index in [1.54, 1.807) is 0 Å². The monoisotopic (exact) mass is 361 g/mol. The lowest BCUT2D eigenvalue weighted by Crippen LogP contribution is -2.35. The van der Waals surface area contributed by atoms with Gasteiger partial charge in [-0.05, 0) is 29.5 Å². The van der Waals surface area contributed by atoms with Gasteiger partial charge in [0.2, 0.25) is 5.91 Å². The van der Waals surface area contributed by atoms with Crippen LogP contribution in [0.3, 0.4) is 0 Å². The molecule has 0 saturated carbocycles. The fraction of sp³-hybridized carbons (Fsp3) is 0.348. The molecule has 4 heteroatoms. The first-order valence-electron chi connectivity index (χ1n) is 9.87. The number of hydrogen-bond donors (Lipinski definition) is 0. The Labute approximate surface area is 161 Å². The Morgan fingerprint density at radius 2 is 1.67 bits per heavy atom. The van der Waals surface area contributed by atoms with Crippen LogP contribution in [0.4, 0.5) is 0 Å². The largest absolute Gasteiger partial charge is 0.347 e. The van der Waals surface area contributed by atoms with Gasteiger partial charge in [0.1, 0.15) is 0 Å². The first kappa shape index (κ1) is 17.8. The number of carbonyl (C=O) groups excluding carboxylic acids is 1. The minimum Gasteiger partial charge on any atom is -0.347 e. The van der Waals surface area contributed by atoms with Crippen molar-refractivity contribution in [2.24, 2.45) is 0 Å². The molecular weight excluding hydrogens is 334 g/mol. The summed E-state index contributed by atoms with van der Waals surface area (Å²) in [5.74, 6) is 0.273. The van der Waals surface area contributed by atoms with Crippen molar-refractivity contribution in [3.8, 4) is 0 Å². The fourth-order valence-corrected chi connectivity index (χ4v) is 3.93. The molecule has 1 amide bonds. The van der Waals surface area contributed by atoms with E-state index in [4.69, 9.17) is 0 Å². The molecule has 1 fully saturated rings. The molecule has 0 unspecified atom stereocenters. The first-order valence-corrected chi connectivity index (χ1v) is 9.87. The van der Waals surface area contributed by atoms with E-state index in [-0.39, 0.29) is 5.91 Å². The van der Waals surface area contributed by atoms with Crippen LogP contribution < -0.4 is 0 Å². The van der Waals surface area contributed by atoms with Crippen LogP contribution in [0.1, 0.15) is 18.4 Å². The normalized spacial score (nSPS) is 15.8. The van der Waals surface area contributed by atoms with Crippen molar-refractivity contribution in [2.45, 2.75) is 25.9 Å². The Hall–Kier alpha value is -2.59. The summed E-state index contributed by atoms with van der Waals surface area (Å²) in [5, 5.41) is 1.23. The lowest BCUT2D eigenvalue weighted by atomic mass is 10.2. The summed E-state index contributed by atoms with van der Waals surface area (Å²) >= 11 is 0. The fourth-order valence-electron chi connectivity index (χ4n) is 3.93. The topological polar surface area (TPSA) is 28.5 Å². The molecule has 4 nitrogen and oxygen atoms in total. The van der Waals surface area contributed by atoms with Crippen LogP contribution in [0.15, 0.2) is 66.9 Å². The molecular formula is C23H27N3O. The highest BCUT2D eigenvalue weighted by Gasteiger charge is 2.19. The number of benzene rings is 2. The number of aromatic nitrogens is 1. The number of rotatable bonds is 5. The van der Waals surface area contributed by atoms with E-state index in [9.17, 15) is 4.79 Å². The van der Waals surface area contributed by atoms with E-state index < -0.39 is 0 Å².